The van der Waals surface area contributed by atoms with Crippen LogP contribution in [0.4, 0.5) is 13.2 Å². The van der Waals surface area contributed by atoms with Gasteiger partial charge in [0.2, 0.25) is 0 Å². The third-order valence-electron chi connectivity index (χ3n) is 3.66. The highest BCUT2D eigenvalue weighted by molar-refractivity contribution is 5.99. The number of fused-ring (bicyclic) bond motifs is 1. The molecule has 0 bridgehead atoms. The van der Waals surface area contributed by atoms with Crippen molar-refractivity contribution in [1.82, 2.24) is 4.90 Å². The summed E-state index contributed by atoms with van der Waals surface area (Å²) in [7, 11) is 1.51. The Hall–Kier alpha value is -2.18. The number of amides is 1. The largest absolute Gasteiger partial charge is 0.497 e. The maximum absolute atomic E-state index is 12.9. The standard InChI is InChI=1S/C18H22F3NO3/c1-11-13-8-12(24-5)6-7-14(13)25-15(11)16(23)22(9-17(2,3)4)10-18(19,20)21/h6-8H,9-10H2,1-5H3. The lowest BCUT2D eigenvalue weighted by atomic mass is 9.95. The van der Waals surface area contributed by atoms with Crippen LogP contribution in [0, 0.1) is 12.3 Å². The number of aryl methyl sites for hydroxylation is 1. The molecule has 0 fully saturated rings. The van der Waals surface area contributed by atoms with E-state index in [-0.39, 0.29) is 12.3 Å². The van der Waals surface area contributed by atoms with E-state index < -0.39 is 24.0 Å². The van der Waals surface area contributed by atoms with Crippen LogP contribution in [0.2, 0.25) is 0 Å². The van der Waals surface area contributed by atoms with Gasteiger partial charge in [-0.25, -0.2) is 0 Å². The number of furan rings is 1. The zero-order chi connectivity index (χ0) is 19.0. The lowest BCUT2D eigenvalue weighted by Gasteiger charge is -2.30. The summed E-state index contributed by atoms with van der Waals surface area (Å²) in [6.45, 7) is 5.63. The third kappa shape index (κ3) is 4.67. The Kier molecular flexibility index (Phi) is 5.06. The van der Waals surface area contributed by atoms with Crippen molar-refractivity contribution < 1.29 is 27.1 Å². The first-order valence-electron chi connectivity index (χ1n) is 7.84. The van der Waals surface area contributed by atoms with E-state index in [1.54, 1.807) is 45.9 Å². The second-order valence-electron chi connectivity index (χ2n) is 7.26. The van der Waals surface area contributed by atoms with Gasteiger partial charge in [-0.1, -0.05) is 20.8 Å². The quantitative estimate of drug-likeness (QED) is 0.789. The molecule has 0 N–H and O–H groups in total. The molecule has 1 aromatic heterocycles. The van der Waals surface area contributed by atoms with E-state index >= 15 is 0 Å². The molecule has 4 nitrogen and oxygen atoms in total. The molecule has 25 heavy (non-hydrogen) atoms. The molecule has 0 aliphatic heterocycles. The Labute approximate surface area is 144 Å². The summed E-state index contributed by atoms with van der Waals surface area (Å²) in [6.07, 6.45) is -4.48. The number of carbonyl (C=O) groups is 1. The van der Waals surface area contributed by atoms with E-state index in [1.807, 2.05) is 0 Å². The van der Waals surface area contributed by atoms with Gasteiger partial charge in [-0.3, -0.25) is 4.79 Å². The minimum Gasteiger partial charge on any atom is -0.497 e. The number of nitrogens with zero attached hydrogens (tertiary/aromatic N) is 1. The van der Waals surface area contributed by atoms with Crippen molar-refractivity contribution in [3.8, 4) is 5.75 Å². The van der Waals surface area contributed by atoms with E-state index in [1.165, 1.54) is 7.11 Å². The molecule has 0 saturated heterocycles. The fourth-order valence-corrected chi connectivity index (χ4v) is 2.66. The Morgan fingerprint density at radius 3 is 2.36 bits per heavy atom. The van der Waals surface area contributed by atoms with Crippen molar-refractivity contribution >= 4 is 16.9 Å². The molecule has 0 spiro atoms. The Bertz CT molecular complexity index is 756. The van der Waals surface area contributed by atoms with Crippen LogP contribution in [0.1, 0.15) is 36.9 Å². The van der Waals surface area contributed by atoms with Crippen LogP contribution < -0.4 is 4.74 Å². The van der Waals surface area contributed by atoms with Crippen LogP contribution in [0.25, 0.3) is 11.0 Å². The van der Waals surface area contributed by atoms with Crippen LogP contribution in [-0.2, 0) is 0 Å². The molecule has 1 amide bonds. The van der Waals surface area contributed by atoms with Crippen LogP contribution in [0.5, 0.6) is 5.75 Å². The predicted octanol–water partition coefficient (Wildman–Crippen LogP) is 4.80. The fraction of sp³-hybridized carbons (Fsp3) is 0.500. The summed E-state index contributed by atoms with van der Waals surface area (Å²) < 4.78 is 49.5. The summed E-state index contributed by atoms with van der Waals surface area (Å²) in [4.78, 5) is 13.5. The van der Waals surface area contributed by atoms with Gasteiger partial charge in [0.05, 0.1) is 7.11 Å². The molecule has 2 rings (SSSR count). The molecule has 0 aliphatic carbocycles. The number of rotatable bonds is 4. The topological polar surface area (TPSA) is 42.7 Å². The summed E-state index contributed by atoms with van der Waals surface area (Å²) in [5, 5.41) is 0.644. The monoisotopic (exact) mass is 357 g/mol. The third-order valence-corrected chi connectivity index (χ3v) is 3.66. The van der Waals surface area contributed by atoms with Crippen LogP contribution in [-0.4, -0.2) is 37.2 Å². The van der Waals surface area contributed by atoms with Crippen molar-refractivity contribution in [2.75, 3.05) is 20.2 Å². The summed E-state index contributed by atoms with van der Waals surface area (Å²) in [5.41, 5.74) is 0.452. The average molecular weight is 357 g/mol. The number of benzene rings is 1. The lowest BCUT2D eigenvalue weighted by molar-refractivity contribution is -0.142. The van der Waals surface area contributed by atoms with Crippen molar-refractivity contribution in [2.45, 2.75) is 33.9 Å². The molecule has 0 unspecified atom stereocenters. The van der Waals surface area contributed by atoms with Crippen molar-refractivity contribution in [2.24, 2.45) is 5.41 Å². The number of halogens is 3. The summed E-state index contributed by atoms with van der Waals surface area (Å²) >= 11 is 0. The van der Waals surface area contributed by atoms with Gasteiger partial charge in [0, 0.05) is 17.5 Å². The normalized spacial score (nSPS) is 12.5. The van der Waals surface area contributed by atoms with E-state index in [4.69, 9.17) is 9.15 Å². The van der Waals surface area contributed by atoms with Crippen molar-refractivity contribution in [1.29, 1.82) is 0 Å². The molecule has 1 heterocycles. The number of hydrogen-bond donors (Lipinski definition) is 0. The minimum atomic E-state index is -4.48. The van der Waals surface area contributed by atoms with Gasteiger partial charge < -0.3 is 14.1 Å². The molecule has 0 aliphatic rings. The Balaban J connectivity index is 2.44. The smallest absolute Gasteiger partial charge is 0.406 e. The first kappa shape index (κ1) is 19.1. The second kappa shape index (κ2) is 6.61. The molecule has 0 atom stereocenters. The summed E-state index contributed by atoms with van der Waals surface area (Å²) in [6, 6.07) is 5.00. The van der Waals surface area contributed by atoms with Crippen LogP contribution in [0.3, 0.4) is 0 Å². The highest BCUT2D eigenvalue weighted by atomic mass is 19.4. The Morgan fingerprint density at radius 1 is 1.20 bits per heavy atom. The van der Waals surface area contributed by atoms with Gasteiger partial charge >= 0.3 is 6.18 Å². The van der Waals surface area contributed by atoms with Gasteiger partial charge in [-0.05, 0) is 30.5 Å². The molecule has 1 aromatic carbocycles. The maximum atomic E-state index is 12.9. The first-order chi connectivity index (χ1) is 11.4. The molecule has 2 aromatic rings. The molecular formula is C18H22F3NO3. The predicted molar refractivity (Wildman–Crippen MR) is 88.9 cm³/mol. The van der Waals surface area contributed by atoms with Gasteiger partial charge in [0.25, 0.3) is 5.91 Å². The molecule has 0 saturated carbocycles. The van der Waals surface area contributed by atoms with Gasteiger partial charge in [0.1, 0.15) is 17.9 Å². The minimum absolute atomic E-state index is 0.0366. The molecule has 138 valence electrons. The van der Waals surface area contributed by atoms with Gasteiger partial charge in [0.15, 0.2) is 5.76 Å². The number of carbonyl (C=O) groups excluding carboxylic acids is 1. The van der Waals surface area contributed by atoms with E-state index in [0.717, 1.165) is 4.90 Å². The van der Waals surface area contributed by atoms with Gasteiger partial charge in [-0.2, -0.15) is 13.2 Å². The highest BCUT2D eigenvalue weighted by Crippen LogP contribution is 2.31. The SMILES string of the molecule is COc1ccc2oc(C(=O)N(CC(C)(C)C)CC(F)(F)F)c(C)c2c1. The van der Waals surface area contributed by atoms with E-state index in [0.29, 0.717) is 22.3 Å². The number of hydrogen-bond acceptors (Lipinski definition) is 3. The van der Waals surface area contributed by atoms with Gasteiger partial charge in [-0.15, -0.1) is 0 Å². The second-order valence-corrected chi connectivity index (χ2v) is 7.26. The van der Waals surface area contributed by atoms with E-state index in [9.17, 15) is 18.0 Å². The van der Waals surface area contributed by atoms with Crippen molar-refractivity contribution in [3.63, 3.8) is 0 Å². The molecule has 7 heteroatoms. The first-order valence-corrected chi connectivity index (χ1v) is 7.84. The molecule has 0 radical (unpaired) electrons. The summed E-state index contributed by atoms with van der Waals surface area (Å²) in [5.74, 6) is -0.256. The number of methoxy groups -OCH3 is 1. The van der Waals surface area contributed by atoms with Crippen LogP contribution >= 0.6 is 0 Å². The molecular weight excluding hydrogens is 335 g/mol. The number of ether oxygens (including phenoxy) is 1. The average Bonchev–Trinajstić information content (AvgIpc) is 2.79. The zero-order valence-corrected chi connectivity index (χ0v) is 15.0. The zero-order valence-electron chi connectivity index (χ0n) is 15.0. The fourth-order valence-electron chi connectivity index (χ4n) is 2.66. The maximum Gasteiger partial charge on any atom is 0.406 e. The van der Waals surface area contributed by atoms with Crippen molar-refractivity contribution in [3.05, 3.63) is 29.5 Å². The number of alkyl halides is 3. The Morgan fingerprint density at radius 2 is 1.84 bits per heavy atom. The van der Waals surface area contributed by atoms with E-state index in [2.05, 4.69) is 0 Å². The lowest BCUT2D eigenvalue weighted by Crippen LogP contribution is -2.43. The highest BCUT2D eigenvalue weighted by Gasteiger charge is 2.36. The van der Waals surface area contributed by atoms with Crippen LogP contribution in [0.15, 0.2) is 22.6 Å².